The van der Waals surface area contributed by atoms with E-state index in [0.29, 0.717) is 0 Å². The molecule has 1 N–H and O–H groups in total. The molecule has 0 spiro atoms. The summed E-state index contributed by atoms with van der Waals surface area (Å²) < 4.78 is 0. The molecule has 0 aliphatic heterocycles. The number of unbranched alkanes of at least 4 members (excludes halogenated alkanes) is 3. The molecule has 2 heteroatoms. The number of benzene rings is 1. The van der Waals surface area contributed by atoms with Crippen LogP contribution in [-0.4, -0.2) is 11.2 Å². The molecule has 17 heavy (non-hydrogen) atoms. The molecule has 0 aliphatic rings. The first-order valence-electron chi connectivity index (χ1n) is 6.26. The first-order valence-corrected chi connectivity index (χ1v) is 6.63. The van der Waals surface area contributed by atoms with Crippen molar-refractivity contribution in [1.29, 1.82) is 0 Å². The van der Waals surface area contributed by atoms with E-state index >= 15 is 0 Å². The van der Waals surface area contributed by atoms with E-state index in [0.717, 1.165) is 36.3 Å². The van der Waals surface area contributed by atoms with Gasteiger partial charge in [0.25, 0.3) is 0 Å². The first-order chi connectivity index (χ1) is 8.22. The van der Waals surface area contributed by atoms with Crippen molar-refractivity contribution in [3.8, 4) is 0 Å². The molecule has 1 nitrogen and oxygen atoms in total. The highest BCUT2D eigenvalue weighted by atomic mass is 35.5. The number of halogens is 1. The third-order valence-electron chi connectivity index (χ3n) is 2.83. The Morgan fingerprint density at radius 1 is 1.18 bits per heavy atom. The molecular weight excluding hydrogens is 232 g/mol. The topological polar surface area (TPSA) is 20.2 Å². The van der Waals surface area contributed by atoms with Gasteiger partial charge in [-0.1, -0.05) is 42.7 Å². The Labute approximate surface area is 109 Å². The average molecular weight is 253 g/mol. The van der Waals surface area contributed by atoms with Crippen LogP contribution in [0.4, 0.5) is 0 Å². The number of hydrogen-bond acceptors (Lipinski definition) is 1. The maximum Gasteiger partial charge on any atom is 0.0580 e. The molecule has 0 radical (unpaired) electrons. The zero-order valence-corrected chi connectivity index (χ0v) is 11.0. The summed E-state index contributed by atoms with van der Waals surface area (Å²) in [5.74, 6) is 0. The third-order valence-corrected chi connectivity index (χ3v) is 3.08. The molecule has 1 aromatic carbocycles. The van der Waals surface area contributed by atoms with E-state index in [4.69, 9.17) is 11.6 Å². The lowest BCUT2D eigenvalue weighted by Crippen LogP contribution is -2.10. The Morgan fingerprint density at radius 2 is 1.88 bits per heavy atom. The minimum atomic E-state index is -0.236. The number of hydrogen-bond donors (Lipinski definition) is 1. The SMILES string of the molecule is C=CCCCCCC(O)Cc1ccc(Cl)cc1. The Balaban J connectivity index is 2.18. The lowest BCUT2D eigenvalue weighted by molar-refractivity contribution is 0.161. The molecule has 0 saturated heterocycles. The molecule has 0 bridgehead atoms. The predicted octanol–water partition coefficient (Wildman–Crippen LogP) is 4.38. The first kappa shape index (κ1) is 14.3. The Bertz CT molecular complexity index is 318. The summed E-state index contributed by atoms with van der Waals surface area (Å²) in [5.41, 5.74) is 1.15. The maximum absolute atomic E-state index is 9.88. The fourth-order valence-corrected chi connectivity index (χ4v) is 1.97. The van der Waals surface area contributed by atoms with Gasteiger partial charge < -0.3 is 5.11 Å². The molecule has 94 valence electrons. The summed E-state index contributed by atoms with van der Waals surface area (Å²) in [4.78, 5) is 0. The largest absolute Gasteiger partial charge is 0.393 e. The van der Waals surface area contributed by atoms with E-state index in [2.05, 4.69) is 6.58 Å². The van der Waals surface area contributed by atoms with E-state index in [1.165, 1.54) is 12.8 Å². The van der Waals surface area contributed by atoms with E-state index in [9.17, 15) is 5.11 Å². The molecule has 0 amide bonds. The van der Waals surface area contributed by atoms with Crippen molar-refractivity contribution in [3.63, 3.8) is 0 Å². The fraction of sp³-hybridized carbons (Fsp3) is 0.467. The van der Waals surface area contributed by atoms with Crippen LogP contribution in [0.15, 0.2) is 36.9 Å². The van der Waals surface area contributed by atoms with Crippen molar-refractivity contribution in [2.75, 3.05) is 0 Å². The van der Waals surface area contributed by atoms with Gasteiger partial charge in [0.05, 0.1) is 6.10 Å². The fourth-order valence-electron chi connectivity index (χ4n) is 1.84. The second-order valence-corrected chi connectivity index (χ2v) is 4.85. The quantitative estimate of drug-likeness (QED) is 0.538. The van der Waals surface area contributed by atoms with Gasteiger partial charge in [0.15, 0.2) is 0 Å². The molecule has 1 unspecified atom stereocenters. The lowest BCUT2D eigenvalue weighted by atomic mass is 10.0. The molecule has 1 aromatic rings. The van der Waals surface area contributed by atoms with Gasteiger partial charge in [-0.25, -0.2) is 0 Å². The van der Waals surface area contributed by atoms with E-state index < -0.39 is 0 Å². The van der Waals surface area contributed by atoms with Crippen LogP contribution in [-0.2, 0) is 6.42 Å². The zero-order chi connectivity index (χ0) is 12.5. The Kier molecular flexibility index (Phi) is 6.99. The molecule has 1 atom stereocenters. The second-order valence-electron chi connectivity index (χ2n) is 4.41. The molecular formula is C15H21ClO. The molecule has 0 aromatic heterocycles. The van der Waals surface area contributed by atoms with Crippen molar-refractivity contribution in [2.24, 2.45) is 0 Å². The van der Waals surface area contributed by atoms with Crippen molar-refractivity contribution < 1.29 is 5.11 Å². The number of rotatable bonds is 8. The average Bonchev–Trinajstić information content (AvgIpc) is 2.32. The van der Waals surface area contributed by atoms with Crippen LogP contribution in [0, 0.1) is 0 Å². The van der Waals surface area contributed by atoms with Crippen LogP contribution >= 0.6 is 11.6 Å². The van der Waals surface area contributed by atoms with Gasteiger partial charge in [-0.2, -0.15) is 0 Å². The summed E-state index contributed by atoms with van der Waals surface area (Å²) in [7, 11) is 0. The van der Waals surface area contributed by atoms with Gasteiger partial charge in [0.2, 0.25) is 0 Å². The van der Waals surface area contributed by atoms with Gasteiger partial charge in [-0.3, -0.25) is 0 Å². The third kappa shape index (κ3) is 6.50. The van der Waals surface area contributed by atoms with Crippen molar-refractivity contribution in [1.82, 2.24) is 0 Å². The zero-order valence-electron chi connectivity index (χ0n) is 10.2. The normalized spacial score (nSPS) is 12.4. The molecule has 0 aliphatic carbocycles. The minimum absolute atomic E-state index is 0.236. The summed E-state index contributed by atoms with van der Waals surface area (Å²) >= 11 is 5.81. The van der Waals surface area contributed by atoms with Gasteiger partial charge in [-0.05, 0) is 43.4 Å². The van der Waals surface area contributed by atoms with E-state index in [-0.39, 0.29) is 6.10 Å². The number of aliphatic hydroxyl groups excluding tert-OH is 1. The predicted molar refractivity (Wildman–Crippen MR) is 74.4 cm³/mol. The highest BCUT2D eigenvalue weighted by Gasteiger charge is 2.05. The van der Waals surface area contributed by atoms with Gasteiger partial charge >= 0.3 is 0 Å². The van der Waals surface area contributed by atoms with Crippen LogP contribution in [0.1, 0.15) is 37.7 Å². The highest BCUT2D eigenvalue weighted by Crippen LogP contribution is 2.14. The standard InChI is InChI=1S/C15H21ClO/c1-2-3-4-5-6-7-15(17)12-13-8-10-14(16)11-9-13/h2,8-11,15,17H,1,3-7,12H2. The Hall–Kier alpha value is -0.790. The monoisotopic (exact) mass is 252 g/mol. The van der Waals surface area contributed by atoms with Gasteiger partial charge in [0.1, 0.15) is 0 Å². The summed E-state index contributed by atoms with van der Waals surface area (Å²) in [6.07, 6.45) is 7.82. The van der Waals surface area contributed by atoms with Crippen LogP contribution < -0.4 is 0 Å². The molecule has 1 rings (SSSR count). The number of allylic oxidation sites excluding steroid dienone is 1. The molecule has 0 fully saturated rings. The van der Waals surface area contributed by atoms with Crippen molar-refractivity contribution >= 4 is 11.6 Å². The summed E-state index contributed by atoms with van der Waals surface area (Å²) in [6, 6.07) is 7.69. The smallest absolute Gasteiger partial charge is 0.0580 e. The lowest BCUT2D eigenvalue weighted by Gasteiger charge is -2.10. The van der Waals surface area contributed by atoms with Crippen molar-refractivity contribution in [2.45, 2.75) is 44.6 Å². The minimum Gasteiger partial charge on any atom is -0.393 e. The van der Waals surface area contributed by atoms with Crippen molar-refractivity contribution in [3.05, 3.63) is 47.5 Å². The molecule has 0 saturated carbocycles. The van der Waals surface area contributed by atoms with Crippen LogP contribution in [0.2, 0.25) is 5.02 Å². The van der Waals surface area contributed by atoms with E-state index in [1.807, 2.05) is 30.3 Å². The molecule has 0 heterocycles. The van der Waals surface area contributed by atoms with Gasteiger partial charge in [0, 0.05) is 5.02 Å². The van der Waals surface area contributed by atoms with E-state index in [1.54, 1.807) is 0 Å². The van der Waals surface area contributed by atoms with Crippen LogP contribution in [0.3, 0.4) is 0 Å². The summed E-state index contributed by atoms with van der Waals surface area (Å²) in [5, 5.41) is 10.6. The van der Waals surface area contributed by atoms with Crippen LogP contribution in [0.25, 0.3) is 0 Å². The highest BCUT2D eigenvalue weighted by molar-refractivity contribution is 6.30. The van der Waals surface area contributed by atoms with Gasteiger partial charge in [-0.15, -0.1) is 6.58 Å². The Morgan fingerprint density at radius 3 is 2.53 bits per heavy atom. The number of aliphatic hydroxyl groups is 1. The maximum atomic E-state index is 9.88. The van der Waals surface area contributed by atoms with Crippen LogP contribution in [0.5, 0.6) is 0 Å². The second kappa shape index (κ2) is 8.32. The summed E-state index contributed by atoms with van der Waals surface area (Å²) in [6.45, 7) is 3.70.